The van der Waals surface area contributed by atoms with Crippen LogP contribution in [0.15, 0.2) is 54.9 Å². The van der Waals surface area contributed by atoms with E-state index in [0.717, 1.165) is 32.0 Å². The van der Waals surface area contributed by atoms with Crippen LogP contribution in [-0.4, -0.2) is 19.2 Å². The van der Waals surface area contributed by atoms with Gasteiger partial charge in [0.1, 0.15) is 5.82 Å². The maximum Gasteiger partial charge on any atom is 0.171 e. The summed E-state index contributed by atoms with van der Waals surface area (Å²) < 4.78 is 5.06. The normalized spacial score (nSPS) is 11.3. The fourth-order valence-corrected chi connectivity index (χ4v) is 3.17. The van der Waals surface area contributed by atoms with Crippen LogP contribution in [0.5, 0.6) is 0 Å². The van der Waals surface area contributed by atoms with Gasteiger partial charge in [0, 0.05) is 24.0 Å². The molecular formula is C18H15IN4. The van der Waals surface area contributed by atoms with Crippen LogP contribution in [0, 0.1) is 17.4 Å². The lowest BCUT2D eigenvalue weighted by Gasteiger charge is -2.10. The molecule has 0 spiro atoms. The third-order valence-electron chi connectivity index (χ3n) is 3.86. The van der Waals surface area contributed by atoms with Crippen molar-refractivity contribution < 1.29 is 0 Å². The molecule has 3 aromatic heterocycles. The Hall–Kier alpha value is -2.15. The highest BCUT2D eigenvalue weighted by molar-refractivity contribution is 14.1. The second kappa shape index (κ2) is 5.49. The standard InChI is InChI=1S/C18H15IN4/c1-12-6-5-7-14(10-12)15-11-16(22-8-3-4-9-22)20-18-17(19)13(2)21-23(15)18/h3-11H,1-2H3. The van der Waals surface area contributed by atoms with Crippen LogP contribution in [0.2, 0.25) is 0 Å². The minimum atomic E-state index is 0.894. The number of hydrogen-bond donors (Lipinski definition) is 0. The number of benzene rings is 1. The van der Waals surface area contributed by atoms with Crippen molar-refractivity contribution in [1.29, 1.82) is 0 Å². The van der Waals surface area contributed by atoms with Crippen molar-refractivity contribution in [3.8, 4) is 17.1 Å². The quantitative estimate of drug-likeness (QED) is 0.456. The van der Waals surface area contributed by atoms with E-state index in [4.69, 9.17) is 4.98 Å². The van der Waals surface area contributed by atoms with Crippen LogP contribution in [0.25, 0.3) is 22.7 Å². The van der Waals surface area contributed by atoms with Crippen LogP contribution in [0.1, 0.15) is 11.3 Å². The van der Waals surface area contributed by atoms with Gasteiger partial charge in [0.15, 0.2) is 5.65 Å². The third kappa shape index (κ3) is 2.45. The summed E-state index contributed by atoms with van der Waals surface area (Å²) in [6, 6.07) is 14.6. The smallest absolute Gasteiger partial charge is 0.171 e. The minimum absolute atomic E-state index is 0.894. The number of aryl methyl sites for hydroxylation is 2. The maximum atomic E-state index is 4.80. The third-order valence-corrected chi connectivity index (χ3v) is 5.12. The van der Waals surface area contributed by atoms with E-state index in [2.05, 4.69) is 64.9 Å². The van der Waals surface area contributed by atoms with Gasteiger partial charge in [-0.3, -0.25) is 0 Å². The van der Waals surface area contributed by atoms with Gasteiger partial charge in [-0.25, -0.2) is 9.50 Å². The number of hydrogen-bond acceptors (Lipinski definition) is 2. The molecule has 4 nitrogen and oxygen atoms in total. The van der Waals surface area contributed by atoms with Gasteiger partial charge in [-0.05, 0) is 54.6 Å². The van der Waals surface area contributed by atoms with E-state index >= 15 is 0 Å². The van der Waals surface area contributed by atoms with Gasteiger partial charge in [-0.1, -0.05) is 23.8 Å². The summed E-state index contributed by atoms with van der Waals surface area (Å²) in [5.74, 6) is 0.900. The molecule has 114 valence electrons. The molecule has 23 heavy (non-hydrogen) atoms. The van der Waals surface area contributed by atoms with Crippen LogP contribution < -0.4 is 0 Å². The molecule has 0 fully saturated rings. The van der Waals surface area contributed by atoms with Crippen LogP contribution in [0.3, 0.4) is 0 Å². The van der Waals surface area contributed by atoms with Gasteiger partial charge in [0.25, 0.3) is 0 Å². The molecular weight excluding hydrogens is 399 g/mol. The predicted molar refractivity (Wildman–Crippen MR) is 99.9 cm³/mol. The number of halogens is 1. The zero-order chi connectivity index (χ0) is 16.0. The van der Waals surface area contributed by atoms with Crippen LogP contribution in [-0.2, 0) is 0 Å². The van der Waals surface area contributed by atoms with Gasteiger partial charge < -0.3 is 4.57 Å². The Morgan fingerprint density at radius 2 is 1.78 bits per heavy atom. The van der Waals surface area contributed by atoms with Crippen LogP contribution >= 0.6 is 22.6 Å². The summed E-state index contributed by atoms with van der Waals surface area (Å²) in [7, 11) is 0. The van der Waals surface area contributed by atoms with Crippen molar-refractivity contribution in [2.75, 3.05) is 0 Å². The van der Waals surface area contributed by atoms with E-state index in [-0.39, 0.29) is 0 Å². The summed E-state index contributed by atoms with van der Waals surface area (Å²) in [5, 5.41) is 4.68. The highest BCUT2D eigenvalue weighted by Crippen LogP contribution is 2.26. The predicted octanol–water partition coefficient (Wildman–Crippen LogP) is 4.41. The Morgan fingerprint density at radius 3 is 2.52 bits per heavy atom. The van der Waals surface area contributed by atoms with Crippen molar-refractivity contribution >= 4 is 28.2 Å². The second-order valence-corrected chi connectivity index (χ2v) is 6.67. The first-order valence-corrected chi connectivity index (χ1v) is 8.47. The number of rotatable bonds is 2. The lowest BCUT2D eigenvalue weighted by Crippen LogP contribution is -2.02. The summed E-state index contributed by atoms with van der Waals surface area (Å²) in [4.78, 5) is 4.80. The molecule has 3 heterocycles. The van der Waals surface area contributed by atoms with Crippen molar-refractivity contribution in [3.05, 3.63) is 69.7 Å². The Balaban J connectivity index is 2.07. The molecule has 0 N–H and O–H groups in total. The van der Waals surface area contributed by atoms with Crippen molar-refractivity contribution in [2.24, 2.45) is 0 Å². The number of aromatic nitrogens is 4. The Kier molecular flexibility index (Phi) is 3.45. The van der Waals surface area contributed by atoms with Crippen molar-refractivity contribution in [2.45, 2.75) is 13.8 Å². The average molecular weight is 414 g/mol. The van der Waals surface area contributed by atoms with E-state index in [0.29, 0.717) is 0 Å². The first-order chi connectivity index (χ1) is 11.1. The molecule has 0 saturated heterocycles. The van der Waals surface area contributed by atoms with E-state index in [1.54, 1.807) is 0 Å². The number of nitrogens with zero attached hydrogens (tertiary/aromatic N) is 4. The lowest BCUT2D eigenvalue weighted by atomic mass is 10.1. The Bertz CT molecular complexity index is 999. The minimum Gasteiger partial charge on any atom is -0.309 e. The molecule has 5 heteroatoms. The molecule has 4 rings (SSSR count). The molecule has 0 aliphatic rings. The molecule has 0 unspecified atom stereocenters. The van der Waals surface area contributed by atoms with Gasteiger partial charge in [0.05, 0.1) is 15.0 Å². The molecule has 1 aromatic carbocycles. The molecule has 0 saturated carbocycles. The van der Waals surface area contributed by atoms with E-state index in [1.807, 2.05) is 40.5 Å². The van der Waals surface area contributed by atoms with Crippen molar-refractivity contribution in [3.63, 3.8) is 0 Å². The molecule has 0 aliphatic carbocycles. The van der Waals surface area contributed by atoms with Gasteiger partial charge in [-0.2, -0.15) is 5.10 Å². The molecule has 4 aromatic rings. The largest absolute Gasteiger partial charge is 0.309 e. The summed E-state index contributed by atoms with van der Waals surface area (Å²) >= 11 is 2.32. The number of fused-ring (bicyclic) bond motifs is 1. The monoisotopic (exact) mass is 414 g/mol. The average Bonchev–Trinajstić information content (AvgIpc) is 3.16. The summed E-state index contributed by atoms with van der Waals surface area (Å²) in [5.41, 5.74) is 5.31. The topological polar surface area (TPSA) is 35.1 Å². The lowest BCUT2D eigenvalue weighted by molar-refractivity contribution is 0.905. The van der Waals surface area contributed by atoms with Crippen molar-refractivity contribution in [1.82, 2.24) is 19.2 Å². The second-order valence-electron chi connectivity index (χ2n) is 5.59. The highest BCUT2D eigenvalue weighted by Gasteiger charge is 2.15. The van der Waals surface area contributed by atoms with E-state index in [9.17, 15) is 0 Å². The molecule has 0 aliphatic heterocycles. The maximum absolute atomic E-state index is 4.80. The van der Waals surface area contributed by atoms with Gasteiger partial charge >= 0.3 is 0 Å². The van der Waals surface area contributed by atoms with E-state index < -0.39 is 0 Å². The van der Waals surface area contributed by atoms with Gasteiger partial charge in [-0.15, -0.1) is 0 Å². The zero-order valence-electron chi connectivity index (χ0n) is 12.9. The highest BCUT2D eigenvalue weighted by atomic mass is 127. The first kappa shape index (κ1) is 14.4. The summed E-state index contributed by atoms with van der Waals surface area (Å²) in [6.45, 7) is 4.12. The molecule has 0 radical (unpaired) electrons. The zero-order valence-corrected chi connectivity index (χ0v) is 15.0. The Morgan fingerprint density at radius 1 is 1.00 bits per heavy atom. The van der Waals surface area contributed by atoms with Crippen LogP contribution in [0.4, 0.5) is 0 Å². The molecule has 0 atom stereocenters. The fraction of sp³-hybridized carbons (Fsp3) is 0.111. The SMILES string of the molecule is Cc1cccc(-c2cc(-n3cccc3)nc3c(I)c(C)nn23)c1. The molecule has 0 bridgehead atoms. The fourth-order valence-electron chi connectivity index (χ4n) is 2.71. The first-order valence-electron chi connectivity index (χ1n) is 7.40. The Labute approximate surface area is 147 Å². The van der Waals surface area contributed by atoms with Gasteiger partial charge in [0.2, 0.25) is 0 Å². The summed E-state index contributed by atoms with van der Waals surface area (Å²) in [6.07, 6.45) is 4.02. The molecule has 0 amide bonds. The van der Waals surface area contributed by atoms with E-state index in [1.165, 1.54) is 5.56 Å².